The largest absolute Gasteiger partial charge is 0.374 e. The topological polar surface area (TPSA) is 27.0 Å². The van der Waals surface area contributed by atoms with Gasteiger partial charge in [0.1, 0.15) is 5.82 Å². The molecule has 0 saturated heterocycles. The van der Waals surface area contributed by atoms with Crippen molar-refractivity contribution < 1.29 is 4.39 Å². The number of halogens is 1. The normalized spacial score (nSPS) is 10.5. The van der Waals surface area contributed by atoms with Crippen LogP contribution in [0.4, 0.5) is 10.1 Å². The number of rotatable bonds is 5. The maximum absolute atomic E-state index is 12.8. The minimum absolute atomic E-state index is 0.225. The Morgan fingerprint density at radius 1 is 1.00 bits per heavy atom. The molecule has 0 amide bonds. The van der Waals surface area contributed by atoms with Crippen LogP contribution in [0.5, 0.6) is 0 Å². The van der Waals surface area contributed by atoms with Crippen LogP contribution in [-0.2, 0) is 0 Å². The zero-order valence-corrected chi connectivity index (χ0v) is 12.0. The van der Waals surface area contributed by atoms with Gasteiger partial charge in [-0.05, 0) is 35.4 Å². The zero-order chi connectivity index (χ0) is 15.1. The standard InChI is InChI=1S/C18H17FN2/c1-21(14-2-13-20)18-11-7-16(8-12-18)4-3-15-5-9-17(19)10-6-15/h3-12H,2,14H2,1H3/b4-3+. The van der Waals surface area contributed by atoms with Crippen molar-refractivity contribution in [3.8, 4) is 6.07 Å². The van der Waals surface area contributed by atoms with Crippen LogP contribution < -0.4 is 4.90 Å². The second-order valence-corrected chi connectivity index (χ2v) is 4.81. The quantitative estimate of drug-likeness (QED) is 0.761. The molecule has 0 bridgehead atoms. The van der Waals surface area contributed by atoms with Gasteiger partial charge in [-0.3, -0.25) is 0 Å². The number of benzene rings is 2. The Balaban J connectivity index is 2.02. The monoisotopic (exact) mass is 280 g/mol. The van der Waals surface area contributed by atoms with E-state index in [9.17, 15) is 4.39 Å². The molecular formula is C18H17FN2. The molecule has 0 aromatic heterocycles. The lowest BCUT2D eigenvalue weighted by Gasteiger charge is -2.17. The molecule has 106 valence electrons. The minimum Gasteiger partial charge on any atom is -0.374 e. The van der Waals surface area contributed by atoms with E-state index in [2.05, 4.69) is 11.0 Å². The average molecular weight is 280 g/mol. The van der Waals surface area contributed by atoms with Crippen LogP contribution in [-0.4, -0.2) is 13.6 Å². The van der Waals surface area contributed by atoms with Crippen LogP contribution >= 0.6 is 0 Å². The molecule has 3 heteroatoms. The fourth-order valence-corrected chi connectivity index (χ4v) is 1.95. The number of nitriles is 1. The van der Waals surface area contributed by atoms with Gasteiger partial charge in [-0.1, -0.05) is 36.4 Å². The van der Waals surface area contributed by atoms with Crippen molar-refractivity contribution >= 4 is 17.8 Å². The summed E-state index contributed by atoms with van der Waals surface area (Å²) in [5.41, 5.74) is 3.13. The van der Waals surface area contributed by atoms with E-state index >= 15 is 0 Å². The van der Waals surface area contributed by atoms with Gasteiger partial charge in [0.05, 0.1) is 12.5 Å². The first-order valence-corrected chi connectivity index (χ1v) is 6.81. The van der Waals surface area contributed by atoms with Gasteiger partial charge in [-0.2, -0.15) is 5.26 Å². The molecule has 0 aliphatic heterocycles. The predicted molar refractivity (Wildman–Crippen MR) is 85.3 cm³/mol. The van der Waals surface area contributed by atoms with Crippen LogP contribution in [0.25, 0.3) is 12.2 Å². The van der Waals surface area contributed by atoms with Crippen LogP contribution in [0.2, 0.25) is 0 Å². The molecule has 21 heavy (non-hydrogen) atoms. The molecule has 2 rings (SSSR count). The molecule has 0 heterocycles. The highest BCUT2D eigenvalue weighted by molar-refractivity contribution is 5.70. The average Bonchev–Trinajstić information content (AvgIpc) is 2.52. The van der Waals surface area contributed by atoms with E-state index in [0.717, 1.165) is 23.4 Å². The lowest BCUT2D eigenvalue weighted by atomic mass is 10.1. The Labute approximate surface area is 124 Å². The summed E-state index contributed by atoms with van der Waals surface area (Å²) in [5, 5.41) is 8.59. The summed E-state index contributed by atoms with van der Waals surface area (Å²) in [7, 11) is 1.97. The first-order valence-electron chi connectivity index (χ1n) is 6.81. The Bertz CT molecular complexity index is 636. The van der Waals surface area contributed by atoms with Crippen molar-refractivity contribution in [2.45, 2.75) is 6.42 Å². The molecule has 0 N–H and O–H groups in total. The summed E-state index contributed by atoms with van der Waals surface area (Å²) in [4.78, 5) is 2.05. The van der Waals surface area contributed by atoms with E-state index in [1.165, 1.54) is 12.1 Å². The van der Waals surface area contributed by atoms with E-state index < -0.39 is 0 Å². The predicted octanol–water partition coefficient (Wildman–Crippen LogP) is 4.35. The second kappa shape index (κ2) is 7.25. The Hall–Kier alpha value is -2.60. The Kier molecular flexibility index (Phi) is 5.11. The summed E-state index contributed by atoms with van der Waals surface area (Å²) in [6.07, 6.45) is 4.46. The van der Waals surface area contributed by atoms with Crippen LogP contribution in [0.3, 0.4) is 0 Å². The van der Waals surface area contributed by atoms with Gasteiger partial charge in [-0.15, -0.1) is 0 Å². The SMILES string of the molecule is CN(CCC#N)c1ccc(/C=C/c2ccc(F)cc2)cc1. The molecule has 0 atom stereocenters. The van der Waals surface area contributed by atoms with Crippen molar-refractivity contribution in [3.63, 3.8) is 0 Å². The number of anilines is 1. The van der Waals surface area contributed by atoms with Gasteiger partial charge in [0.15, 0.2) is 0 Å². The summed E-state index contributed by atoms with van der Waals surface area (Å²) in [6.45, 7) is 0.723. The smallest absolute Gasteiger partial charge is 0.123 e. The van der Waals surface area contributed by atoms with Gasteiger partial charge in [-0.25, -0.2) is 4.39 Å². The third-order valence-corrected chi connectivity index (χ3v) is 3.23. The third-order valence-electron chi connectivity index (χ3n) is 3.23. The molecular weight excluding hydrogens is 263 g/mol. The van der Waals surface area contributed by atoms with Crippen molar-refractivity contribution in [2.75, 3.05) is 18.5 Å². The third kappa shape index (κ3) is 4.47. The molecule has 2 aromatic rings. The molecule has 0 spiro atoms. The number of hydrogen-bond acceptors (Lipinski definition) is 2. The van der Waals surface area contributed by atoms with Gasteiger partial charge < -0.3 is 4.90 Å². The maximum Gasteiger partial charge on any atom is 0.123 e. The maximum atomic E-state index is 12.8. The van der Waals surface area contributed by atoms with Crippen molar-refractivity contribution in [1.29, 1.82) is 5.26 Å². The van der Waals surface area contributed by atoms with Crippen molar-refractivity contribution in [1.82, 2.24) is 0 Å². The van der Waals surface area contributed by atoms with Gasteiger partial charge in [0, 0.05) is 19.3 Å². The first-order chi connectivity index (χ1) is 10.2. The Morgan fingerprint density at radius 2 is 1.52 bits per heavy atom. The van der Waals surface area contributed by atoms with Crippen molar-refractivity contribution in [2.24, 2.45) is 0 Å². The molecule has 0 aliphatic carbocycles. The highest BCUT2D eigenvalue weighted by Crippen LogP contribution is 2.16. The molecule has 0 saturated carbocycles. The van der Waals surface area contributed by atoms with E-state index in [4.69, 9.17) is 5.26 Å². The van der Waals surface area contributed by atoms with Gasteiger partial charge in [0.2, 0.25) is 0 Å². The van der Waals surface area contributed by atoms with Gasteiger partial charge in [0.25, 0.3) is 0 Å². The summed E-state index contributed by atoms with van der Waals surface area (Å²) in [6, 6.07) is 16.6. The summed E-state index contributed by atoms with van der Waals surface area (Å²) >= 11 is 0. The summed E-state index contributed by atoms with van der Waals surface area (Å²) in [5.74, 6) is -0.225. The van der Waals surface area contributed by atoms with E-state index in [1.54, 1.807) is 12.1 Å². The van der Waals surface area contributed by atoms with Gasteiger partial charge >= 0.3 is 0 Å². The first kappa shape index (κ1) is 14.8. The number of hydrogen-bond donors (Lipinski definition) is 0. The second-order valence-electron chi connectivity index (χ2n) is 4.81. The molecule has 0 unspecified atom stereocenters. The summed E-state index contributed by atoms with van der Waals surface area (Å²) < 4.78 is 12.8. The van der Waals surface area contributed by atoms with Crippen LogP contribution in [0, 0.1) is 17.1 Å². The molecule has 0 aliphatic rings. The molecule has 0 radical (unpaired) electrons. The molecule has 2 nitrogen and oxygen atoms in total. The van der Waals surface area contributed by atoms with Crippen LogP contribution in [0.15, 0.2) is 48.5 Å². The van der Waals surface area contributed by atoms with E-state index in [-0.39, 0.29) is 5.82 Å². The zero-order valence-electron chi connectivity index (χ0n) is 12.0. The molecule has 0 fully saturated rings. The number of nitrogens with zero attached hydrogens (tertiary/aromatic N) is 2. The lowest BCUT2D eigenvalue weighted by molar-refractivity contribution is 0.628. The molecule has 2 aromatic carbocycles. The van der Waals surface area contributed by atoms with E-state index in [1.807, 2.05) is 43.5 Å². The lowest BCUT2D eigenvalue weighted by Crippen LogP contribution is -2.17. The van der Waals surface area contributed by atoms with E-state index in [0.29, 0.717) is 6.42 Å². The highest BCUT2D eigenvalue weighted by Gasteiger charge is 1.99. The van der Waals surface area contributed by atoms with Crippen LogP contribution in [0.1, 0.15) is 17.5 Å². The van der Waals surface area contributed by atoms with Crippen molar-refractivity contribution in [3.05, 3.63) is 65.5 Å². The minimum atomic E-state index is -0.225. The fraction of sp³-hybridized carbons (Fsp3) is 0.167. The highest BCUT2D eigenvalue weighted by atomic mass is 19.1. The Morgan fingerprint density at radius 3 is 2.05 bits per heavy atom. The fourth-order valence-electron chi connectivity index (χ4n) is 1.95.